The smallest absolute Gasteiger partial charge is 0.309 e. The van der Waals surface area contributed by atoms with Gasteiger partial charge < -0.3 is 9.64 Å². The maximum Gasteiger partial charge on any atom is 0.309 e. The highest BCUT2D eigenvalue weighted by atomic mass is 16.6. The quantitative estimate of drug-likeness (QED) is 0.545. The van der Waals surface area contributed by atoms with E-state index in [0.717, 1.165) is 0 Å². The van der Waals surface area contributed by atoms with Crippen molar-refractivity contribution >= 4 is 11.9 Å². The summed E-state index contributed by atoms with van der Waals surface area (Å²) in [6, 6.07) is 0. The number of hydrogen-bond donors (Lipinski definition) is 0. The largest absolute Gasteiger partial charge is 0.460 e. The minimum absolute atomic E-state index is 0.0624. The number of carbonyl (C=O) groups is 2. The van der Waals surface area contributed by atoms with Crippen LogP contribution in [0.2, 0.25) is 0 Å². The first-order valence-electron chi connectivity index (χ1n) is 5.97. The fraction of sp³-hybridized carbons (Fsp3) is 0.692. The van der Waals surface area contributed by atoms with E-state index < -0.39 is 5.60 Å². The minimum Gasteiger partial charge on any atom is -0.460 e. The van der Waals surface area contributed by atoms with Crippen LogP contribution in [0.5, 0.6) is 0 Å². The molecule has 0 radical (unpaired) electrons. The third-order valence-electron chi connectivity index (χ3n) is 2.72. The predicted molar refractivity (Wildman–Crippen MR) is 65.3 cm³/mol. The second-order valence-corrected chi connectivity index (χ2v) is 5.34. The van der Waals surface area contributed by atoms with Gasteiger partial charge in [0.15, 0.2) is 0 Å². The molecular weight excluding hydrogens is 218 g/mol. The molecule has 96 valence electrons. The van der Waals surface area contributed by atoms with Crippen molar-refractivity contribution < 1.29 is 14.3 Å². The molecule has 1 aliphatic heterocycles. The summed E-state index contributed by atoms with van der Waals surface area (Å²) in [6.45, 7) is 10.3. The zero-order valence-electron chi connectivity index (χ0n) is 10.9. The van der Waals surface area contributed by atoms with E-state index in [1.807, 2.05) is 20.8 Å². The lowest BCUT2D eigenvalue weighted by Gasteiger charge is -2.31. The van der Waals surface area contributed by atoms with Crippen LogP contribution < -0.4 is 0 Å². The van der Waals surface area contributed by atoms with E-state index in [9.17, 15) is 9.59 Å². The molecule has 1 amide bonds. The van der Waals surface area contributed by atoms with Gasteiger partial charge in [-0.15, -0.1) is 0 Å². The normalized spacial score (nSPS) is 17.7. The average Bonchev–Trinajstić information content (AvgIpc) is 2.26. The molecule has 0 saturated carbocycles. The van der Waals surface area contributed by atoms with E-state index in [4.69, 9.17) is 4.74 Å². The Balaban J connectivity index is 2.44. The molecule has 0 aromatic rings. The summed E-state index contributed by atoms with van der Waals surface area (Å²) in [5, 5.41) is 0. The second kappa shape index (κ2) is 5.34. The molecule has 17 heavy (non-hydrogen) atoms. The molecule has 1 heterocycles. The zero-order valence-corrected chi connectivity index (χ0v) is 10.9. The van der Waals surface area contributed by atoms with Crippen molar-refractivity contribution in [2.45, 2.75) is 39.2 Å². The van der Waals surface area contributed by atoms with Crippen LogP contribution in [0.15, 0.2) is 12.7 Å². The van der Waals surface area contributed by atoms with E-state index in [0.29, 0.717) is 25.9 Å². The Morgan fingerprint density at radius 3 is 2.24 bits per heavy atom. The van der Waals surface area contributed by atoms with E-state index in [2.05, 4.69) is 6.58 Å². The summed E-state index contributed by atoms with van der Waals surface area (Å²) in [4.78, 5) is 24.9. The summed E-state index contributed by atoms with van der Waals surface area (Å²) in [7, 11) is 0. The Bertz CT molecular complexity index is 309. The molecule has 0 unspecified atom stereocenters. The van der Waals surface area contributed by atoms with Crippen LogP contribution in [0.4, 0.5) is 0 Å². The van der Waals surface area contributed by atoms with Crippen molar-refractivity contribution in [1.82, 2.24) is 4.90 Å². The molecule has 1 fully saturated rings. The first-order chi connectivity index (χ1) is 7.83. The van der Waals surface area contributed by atoms with Crippen molar-refractivity contribution in [2.75, 3.05) is 13.1 Å². The lowest BCUT2D eigenvalue weighted by Crippen LogP contribution is -2.41. The van der Waals surface area contributed by atoms with Gasteiger partial charge in [-0.3, -0.25) is 9.59 Å². The molecule has 0 aromatic heterocycles. The Hall–Kier alpha value is -1.32. The first-order valence-corrected chi connectivity index (χ1v) is 5.97. The van der Waals surface area contributed by atoms with Crippen LogP contribution in [0.25, 0.3) is 0 Å². The van der Waals surface area contributed by atoms with Crippen molar-refractivity contribution in [3.63, 3.8) is 0 Å². The molecule has 0 N–H and O–H groups in total. The number of ether oxygens (including phenoxy) is 1. The molecule has 4 nitrogen and oxygen atoms in total. The number of hydrogen-bond acceptors (Lipinski definition) is 3. The maximum absolute atomic E-state index is 11.8. The SMILES string of the molecule is C=CC(=O)N1CCC(C(=O)OC(C)(C)C)CC1. The average molecular weight is 239 g/mol. The van der Waals surface area contributed by atoms with Gasteiger partial charge in [0.05, 0.1) is 5.92 Å². The molecule has 0 aromatic carbocycles. The van der Waals surface area contributed by atoms with Gasteiger partial charge in [0, 0.05) is 13.1 Å². The van der Waals surface area contributed by atoms with Crippen molar-refractivity contribution in [3.05, 3.63) is 12.7 Å². The van der Waals surface area contributed by atoms with Gasteiger partial charge in [-0.25, -0.2) is 0 Å². The summed E-state index contributed by atoms with van der Waals surface area (Å²) in [6.07, 6.45) is 2.66. The number of nitrogens with zero attached hydrogens (tertiary/aromatic N) is 1. The van der Waals surface area contributed by atoms with Crippen LogP contribution in [-0.2, 0) is 14.3 Å². The standard InChI is InChI=1S/C13H21NO3/c1-5-11(15)14-8-6-10(7-9-14)12(16)17-13(2,3)4/h5,10H,1,6-9H2,2-4H3. The fourth-order valence-electron chi connectivity index (χ4n) is 1.85. The van der Waals surface area contributed by atoms with E-state index in [1.165, 1.54) is 6.08 Å². The molecule has 4 heteroatoms. The summed E-state index contributed by atoms with van der Waals surface area (Å²) in [5.41, 5.74) is -0.439. The van der Waals surface area contributed by atoms with Crippen LogP contribution in [0.3, 0.4) is 0 Å². The topological polar surface area (TPSA) is 46.6 Å². The molecule has 1 rings (SSSR count). The summed E-state index contributed by atoms with van der Waals surface area (Å²) < 4.78 is 5.34. The summed E-state index contributed by atoms with van der Waals surface area (Å²) >= 11 is 0. The van der Waals surface area contributed by atoms with E-state index in [-0.39, 0.29) is 17.8 Å². The highest BCUT2D eigenvalue weighted by molar-refractivity contribution is 5.87. The van der Waals surface area contributed by atoms with Crippen LogP contribution in [0, 0.1) is 5.92 Å². The van der Waals surface area contributed by atoms with Gasteiger partial charge in [-0.05, 0) is 39.7 Å². The monoisotopic (exact) mass is 239 g/mol. The van der Waals surface area contributed by atoms with Gasteiger partial charge >= 0.3 is 5.97 Å². The summed E-state index contributed by atoms with van der Waals surface area (Å²) in [5.74, 6) is -0.293. The minimum atomic E-state index is -0.439. The number of amides is 1. The van der Waals surface area contributed by atoms with Crippen molar-refractivity contribution in [1.29, 1.82) is 0 Å². The van der Waals surface area contributed by atoms with Crippen LogP contribution in [0.1, 0.15) is 33.6 Å². The third-order valence-corrected chi connectivity index (χ3v) is 2.72. The van der Waals surface area contributed by atoms with E-state index >= 15 is 0 Å². The molecule has 0 spiro atoms. The molecule has 1 saturated heterocycles. The first kappa shape index (κ1) is 13.7. The van der Waals surface area contributed by atoms with Gasteiger partial charge in [0.25, 0.3) is 0 Å². The second-order valence-electron chi connectivity index (χ2n) is 5.34. The Kier molecular flexibility index (Phi) is 4.32. The van der Waals surface area contributed by atoms with Crippen molar-refractivity contribution in [3.8, 4) is 0 Å². The Morgan fingerprint density at radius 1 is 1.29 bits per heavy atom. The predicted octanol–water partition coefficient (Wildman–Crippen LogP) is 1.75. The van der Waals surface area contributed by atoms with Gasteiger partial charge in [-0.1, -0.05) is 6.58 Å². The lowest BCUT2D eigenvalue weighted by atomic mass is 9.96. The van der Waals surface area contributed by atoms with Gasteiger partial charge in [-0.2, -0.15) is 0 Å². The highest BCUT2D eigenvalue weighted by Gasteiger charge is 2.29. The third kappa shape index (κ3) is 4.21. The number of carbonyl (C=O) groups excluding carboxylic acids is 2. The molecular formula is C13H21NO3. The van der Waals surface area contributed by atoms with Crippen LogP contribution in [-0.4, -0.2) is 35.5 Å². The zero-order chi connectivity index (χ0) is 13.1. The number of rotatable bonds is 2. The molecule has 1 aliphatic rings. The number of piperidine rings is 1. The molecule has 0 aliphatic carbocycles. The Labute approximate surface area is 103 Å². The highest BCUT2D eigenvalue weighted by Crippen LogP contribution is 2.21. The maximum atomic E-state index is 11.8. The Morgan fingerprint density at radius 2 is 1.82 bits per heavy atom. The van der Waals surface area contributed by atoms with Gasteiger partial charge in [0.2, 0.25) is 5.91 Å². The number of likely N-dealkylation sites (tertiary alicyclic amines) is 1. The van der Waals surface area contributed by atoms with E-state index in [1.54, 1.807) is 4.90 Å². The van der Waals surface area contributed by atoms with Gasteiger partial charge in [0.1, 0.15) is 5.60 Å². The molecule has 0 atom stereocenters. The van der Waals surface area contributed by atoms with Crippen molar-refractivity contribution in [2.24, 2.45) is 5.92 Å². The van der Waals surface area contributed by atoms with Crippen LogP contribution >= 0.6 is 0 Å². The lowest BCUT2D eigenvalue weighted by molar-refractivity contribution is -0.162. The number of esters is 1. The fourth-order valence-corrected chi connectivity index (χ4v) is 1.85. The molecule has 0 bridgehead atoms.